The van der Waals surface area contributed by atoms with Gasteiger partial charge in [-0.3, -0.25) is 9.18 Å². The van der Waals surface area contributed by atoms with Crippen LogP contribution in [0, 0.1) is 0 Å². The van der Waals surface area contributed by atoms with Gasteiger partial charge in [-0.15, -0.1) is 6.58 Å². The molecule has 0 bridgehead atoms. The van der Waals surface area contributed by atoms with Crippen LogP contribution in [0.4, 0.5) is 14.5 Å². The molecule has 1 aliphatic carbocycles. The maximum absolute atomic E-state index is 12.6. The van der Waals surface area contributed by atoms with Crippen LogP contribution in [0.1, 0.15) is 108 Å². The van der Waals surface area contributed by atoms with Crippen molar-refractivity contribution in [1.82, 2.24) is 5.32 Å². The van der Waals surface area contributed by atoms with Gasteiger partial charge in [0.2, 0.25) is 5.91 Å². The average molecular weight is 602 g/mol. The molecule has 1 saturated carbocycles. The van der Waals surface area contributed by atoms with Crippen LogP contribution in [0.5, 0.6) is 0 Å². The smallest absolute Gasteiger partial charge is 0.248 e. The number of allylic oxidation sites excluding steroid dienone is 2. The van der Waals surface area contributed by atoms with Gasteiger partial charge >= 0.3 is 0 Å². The molecule has 1 aliphatic rings. The number of carbonyl (C=O) groups is 1. The predicted molar refractivity (Wildman–Crippen MR) is 180 cm³/mol. The Bertz CT molecular complexity index is 1060. The Kier molecular flexibility index (Phi) is 20.1. The Labute approximate surface area is 260 Å². The molecule has 0 spiro atoms. The first kappa shape index (κ1) is 40.0. The van der Waals surface area contributed by atoms with Crippen LogP contribution in [0.25, 0.3) is 0 Å². The highest BCUT2D eigenvalue weighted by Gasteiger charge is 2.35. The molecule has 2 atom stereocenters. The van der Waals surface area contributed by atoms with E-state index in [0.29, 0.717) is 38.5 Å². The molecule has 242 valence electrons. The number of rotatable bonds is 11. The first-order valence-corrected chi connectivity index (χ1v) is 15.5. The highest BCUT2D eigenvalue weighted by Crippen LogP contribution is 2.38. The highest BCUT2D eigenvalue weighted by atomic mass is 19.1. The third-order valence-corrected chi connectivity index (χ3v) is 7.36. The summed E-state index contributed by atoms with van der Waals surface area (Å²) < 4.78 is 22.1. The third-order valence-electron chi connectivity index (χ3n) is 7.36. The number of benzene rings is 2. The highest BCUT2D eigenvalue weighted by molar-refractivity contribution is 5.93. The Morgan fingerprint density at radius 3 is 2.19 bits per heavy atom. The fraction of sp³-hybridized carbons (Fsp3) is 0.528. The number of hydrogen-bond donors (Lipinski definition) is 4. The molecule has 2 aromatic rings. The van der Waals surface area contributed by atoms with Crippen molar-refractivity contribution in [3.05, 3.63) is 90.3 Å². The molecule has 0 aliphatic heterocycles. The molecule has 1 fully saturated rings. The van der Waals surface area contributed by atoms with E-state index in [9.17, 15) is 18.7 Å². The van der Waals surface area contributed by atoms with E-state index >= 15 is 0 Å². The molecule has 7 heteroatoms. The molecule has 0 aromatic heterocycles. The molecular weight excluding hydrogens is 544 g/mol. The Balaban J connectivity index is 0.00000232. The summed E-state index contributed by atoms with van der Waals surface area (Å²) in [5.41, 5.74) is 9.04. The number of hydrogen-bond acceptors (Lipinski definition) is 4. The molecule has 0 radical (unpaired) electrons. The molecule has 2 unspecified atom stereocenters. The van der Waals surface area contributed by atoms with Crippen LogP contribution < -0.4 is 16.4 Å². The quantitative estimate of drug-likeness (QED) is 0.194. The minimum absolute atomic E-state index is 0.0639. The summed E-state index contributed by atoms with van der Waals surface area (Å²) >= 11 is 0. The Morgan fingerprint density at radius 1 is 1.09 bits per heavy atom. The molecule has 5 N–H and O–H groups in total. The van der Waals surface area contributed by atoms with E-state index in [2.05, 4.69) is 62.2 Å². The third kappa shape index (κ3) is 13.9. The van der Waals surface area contributed by atoms with E-state index < -0.39 is 12.0 Å². The van der Waals surface area contributed by atoms with Crippen molar-refractivity contribution in [2.75, 3.05) is 19.0 Å². The lowest BCUT2D eigenvalue weighted by Crippen LogP contribution is -2.50. The number of aliphatic hydroxyl groups excluding tert-OH is 1. The Morgan fingerprint density at radius 2 is 1.67 bits per heavy atom. The summed E-state index contributed by atoms with van der Waals surface area (Å²) in [6.07, 6.45) is 9.72. The van der Waals surface area contributed by atoms with Crippen molar-refractivity contribution in [3.8, 4) is 0 Å². The summed E-state index contributed by atoms with van der Waals surface area (Å²) in [4.78, 5) is 11.4. The molecule has 2 aromatic carbocycles. The van der Waals surface area contributed by atoms with Gasteiger partial charge in [0.25, 0.3) is 0 Å². The van der Waals surface area contributed by atoms with E-state index in [1.807, 2.05) is 20.8 Å². The second-order valence-electron chi connectivity index (χ2n) is 11.5. The zero-order valence-corrected chi connectivity index (χ0v) is 27.6. The molecule has 43 heavy (non-hydrogen) atoms. The van der Waals surface area contributed by atoms with Gasteiger partial charge in [-0.2, -0.15) is 0 Å². The first-order valence-electron chi connectivity index (χ1n) is 15.5. The van der Waals surface area contributed by atoms with Gasteiger partial charge in [-0.25, -0.2) is 4.39 Å². The van der Waals surface area contributed by atoms with Crippen molar-refractivity contribution >= 4 is 11.6 Å². The van der Waals surface area contributed by atoms with Gasteiger partial charge in [0.05, 0.1) is 25.7 Å². The minimum atomic E-state index is -0.696. The predicted octanol–water partition coefficient (Wildman–Crippen LogP) is 8.74. The van der Waals surface area contributed by atoms with E-state index in [0.717, 1.165) is 31.4 Å². The normalized spacial score (nSPS) is 15.3. The fourth-order valence-electron chi connectivity index (χ4n) is 5.09. The van der Waals surface area contributed by atoms with Gasteiger partial charge in [-0.1, -0.05) is 90.3 Å². The number of alkyl halides is 1. The monoisotopic (exact) mass is 601 g/mol. The van der Waals surface area contributed by atoms with Crippen molar-refractivity contribution in [2.45, 2.75) is 110 Å². The van der Waals surface area contributed by atoms with Crippen molar-refractivity contribution in [3.63, 3.8) is 0 Å². The molecule has 5 nitrogen and oxygen atoms in total. The van der Waals surface area contributed by atoms with E-state index in [-0.39, 0.29) is 17.0 Å². The van der Waals surface area contributed by atoms with Crippen molar-refractivity contribution < 1.29 is 18.7 Å². The van der Waals surface area contributed by atoms with Crippen LogP contribution in [-0.2, 0) is 11.0 Å². The number of primary amides is 1. The average Bonchev–Trinajstić information content (AvgIpc) is 3.02. The van der Waals surface area contributed by atoms with Gasteiger partial charge in [0, 0.05) is 23.3 Å². The van der Waals surface area contributed by atoms with Crippen molar-refractivity contribution in [2.24, 2.45) is 5.73 Å². The lowest BCUT2D eigenvalue weighted by molar-refractivity contribution is 0.1000. The maximum atomic E-state index is 12.6. The SMILES string of the molecule is C=CC.CC.CC(C)(C)c1cccc(C2(NCC(O)C(CC/C=C/F)Nc3ccc(C(N)=O)cc3)CCCCC2)c1.CF. The molecular formula is C36H57F2N3O2. The van der Waals surface area contributed by atoms with Crippen LogP contribution in [0.15, 0.2) is 73.6 Å². The van der Waals surface area contributed by atoms with Gasteiger partial charge < -0.3 is 21.5 Å². The molecule has 0 heterocycles. The number of halogens is 2. The van der Waals surface area contributed by atoms with Crippen molar-refractivity contribution in [1.29, 1.82) is 0 Å². The standard InChI is InChI=1S/C30H42FN3O2.C3H6.C2H6.CH3F/c1-29(2,3)23-10-9-11-24(20-23)30(17-6-4-7-18-30)33-21-27(35)26(12-5-8-19-31)34-25-15-13-22(14-16-25)28(32)36;1-3-2;2*1-2/h8-11,13-16,19-20,26-27,33-35H,4-7,12,17-18,21H2,1-3H3,(H2,32,36);3H,1H2,2H3;1-2H3;1H3/b19-8+;;;. The summed E-state index contributed by atoms with van der Waals surface area (Å²) in [6, 6.07) is 15.5. The zero-order chi connectivity index (χ0) is 32.9. The molecule has 1 amide bonds. The number of nitrogens with two attached hydrogens (primary N) is 1. The lowest BCUT2D eigenvalue weighted by atomic mass is 9.74. The second kappa shape index (κ2) is 21.6. The largest absolute Gasteiger partial charge is 0.390 e. The van der Waals surface area contributed by atoms with Crippen LogP contribution in [-0.4, -0.2) is 36.9 Å². The lowest BCUT2D eigenvalue weighted by Gasteiger charge is -2.41. The topological polar surface area (TPSA) is 87.4 Å². The molecule has 3 rings (SSSR count). The maximum Gasteiger partial charge on any atom is 0.248 e. The van der Waals surface area contributed by atoms with Crippen LogP contribution in [0.3, 0.4) is 0 Å². The van der Waals surface area contributed by atoms with Crippen LogP contribution >= 0.6 is 0 Å². The van der Waals surface area contributed by atoms with E-state index in [1.54, 1.807) is 30.3 Å². The number of anilines is 1. The Hall–Kier alpha value is -3.03. The summed E-state index contributed by atoms with van der Waals surface area (Å²) in [5, 5.41) is 18.4. The first-order chi connectivity index (χ1) is 20.6. The summed E-state index contributed by atoms with van der Waals surface area (Å²) in [7, 11) is 0.500. The van der Waals surface area contributed by atoms with Gasteiger partial charge in [-0.05, 0) is 73.4 Å². The van der Waals surface area contributed by atoms with E-state index in [4.69, 9.17) is 5.73 Å². The number of carbonyl (C=O) groups excluding carboxylic acids is 1. The zero-order valence-electron chi connectivity index (χ0n) is 27.6. The summed E-state index contributed by atoms with van der Waals surface area (Å²) in [6.45, 7) is 16.4. The van der Waals surface area contributed by atoms with Gasteiger partial charge in [0.1, 0.15) is 0 Å². The second-order valence-corrected chi connectivity index (χ2v) is 11.5. The minimum Gasteiger partial charge on any atom is -0.390 e. The van der Waals surface area contributed by atoms with Gasteiger partial charge in [0.15, 0.2) is 0 Å². The number of amides is 1. The van der Waals surface area contributed by atoms with Crippen LogP contribution in [0.2, 0.25) is 0 Å². The number of nitrogens with one attached hydrogen (secondary N) is 2. The fourth-order valence-corrected chi connectivity index (χ4v) is 5.09. The number of aliphatic hydroxyl groups is 1. The van der Waals surface area contributed by atoms with E-state index in [1.165, 1.54) is 23.6 Å². The molecule has 0 saturated heterocycles. The summed E-state index contributed by atoms with van der Waals surface area (Å²) in [5.74, 6) is -0.483.